The molecule has 26 heavy (non-hydrogen) atoms. The fraction of sp³-hybridized carbons (Fsp3) is 0.611. The molecule has 1 aliphatic heterocycles. The molecule has 2 heterocycles. The van der Waals surface area contributed by atoms with Crippen LogP contribution in [0.3, 0.4) is 0 Å². The summed E-state index contributed by atoms with van der Waals surface area (Å²) in [6, 6.07) is 2.77. The summed E-state index contributed by atoms with van der Waals surface area (Å²) in [7, 11) is 0. The quantitative estimate of drug-likeness (QED) is 0.759. The highest BCUT2D eigenvalue weighted by Gasteiger charge is 2.44. The summed E-state index contributed by atoms with van der Waals surface area (Å²) < 4.78 is 10.7. The minimum absolute atomic E-state index is 0.190. The fourth-order valence-electron chi connectivity index (χ4n) is 3.85. The second-order valence-corrected chi connectivity index (χ2v) is 7.72. The van der Waals surface area contributed by atoms with E-state index in [2.05, 4.69) is 20.9 Å². The summed E-state index contributed by atoms with van der Waals surface area (Å²) in [6.07, 6.45) is 4.58. The molecule has 0 radical (unpaired) electrons. The highest BCUT2D eigenvalue weighted by molar-refractivity contribution is 5.79. The van der Waals surface area contributed by atoms with E-state index in [-0.39, 0.29) is 12.1 Å². The molecule has 2 aromatic rings. The molecule has 140 valence electrons. The number of amides is 2. The lowest BCUT2D eigenvalue weighted by atomic mass is 9.86. The average molecular weight is 360 g/mol. The number of carbonyl (C=O) groups is 1. The van der Waals surface area contributed by atoms with Gasteiger partial charge in [0, 0.05) is 17.7 Å². The summed E-state index contributed by atoms with van der Waals surface area (Å²) in [5, 5.41) is 24.4. The van der Waals surface area contributed by atoms with Crippen molar-refractivity contribution in [1.29, 1.82) is 0 Å². The van der Waals surface area contributed by atoms with Gasteiger partial charge in [-0.3, -0.25) is 0 Å². The first-order valence-corrected chi connectivity index (χ1v) is 9.14. The Morgan fingerprint density at radius 3 is 2.58 bits per heavy atom. The van der Waals surface area contributed by atoms with Crippen LogP contribution in [0.15, 0.2) is 16.8 Å². The molecular weight excluding hydrogens is 336 g/mol. The van der Waals surface area contributed by atoms with Crippen LogP contribution in [-0.4, -0.2) is 39.2 Å². The molecule has 1 aliphatic carbocycles. The highest BCUT2D eigenvalue weighted by Crippen LogP contribution is 2.41. The van der Waals surface area contributed by atoms with Crippen molar-refractivity contribution in [3.05, 3.63) is 17.7 Å². The zero-order valence-corrected chi connectivity index (χ0v) is 15.0. The number of aliphatic hydroxyl groups excluding tert-OH is 1. The number of aromatic nitrogens is 2. The molecule has 8 heteroatoms. The lowest BCUT2D eigenvalue weighted by Gasteiger charge is -2.42. The number of ether oxygens (including phenoxy) is 1. The number of aliphatic hydroxyl groups is 1. The maximum Gasteiger partial charge on any atom is 0.315 e. The number of benzene rings is 1. The average Bonchev–Trinajstić information content (AvgIpc) is 3.05. The number of hydrogen-bond acceptors (Lipinski definition) is 6. The van der Waals surface area contributed by atoms with Crippen LogP contribution in [0.5, 0.6) is 5.75 Å². The van der Waals surface area contributed by atoms with Crippen LogP contribution in [-0.2, 0) is 0 Å². The van der Waals surface area contributed by atoms with E-state index in [9.17, 15) is 9.90 Å². The van der Waals surface area contributed by atoms with Gasteiger partial charge in [-0.2, -0.15) is 0 Å². The van der Waals surface area contributed by atoms with Gasteiger partial charge < -0.3 is 20.5 Å². The monoisotopic (exact) mass is 360 g/mol. The number of urea groups is 1. The maximum atomic E-state index is 12.5. The molecule has 2 amide bonds. The van der Waals surface area contributed by atoms with Gasteiger partial charge in [0.25, 0.3) is 0 Å². The number of rotatable bonds is 2. The molecular formula is C18H24N4O4. The Hall–Kier alpha value is -2.35. The first kappa shape index (κ1) is 17.1. The second-order valence-electron chi connectivity index (χ2n) is 7.72. The number of carbonyl (C=O) groups excluding carboxylic acids is 1. The zero-order chi connectivity index (χ0) is 18.3. The summed E-state index contributed by atoms with van der Waals surface area (Å²) in [4.78, 5) is 12.5. The largest absolute Gasteiger partial charge is 0.485 e. The molecule has 3 N–H and O–H groups in total. The predicted molar refractivity (Wildman–Crippen MR) is 93.8 cm³/mol. The molecule has 2 atom stereocenters. The van der Waals surface area contributed by atoms with Crippen LogP contribution in [0.25, 0.3) is 11.0 Å². The summed E-state index contributed by atoms with van der Waals surface area (Å²) >= 11 is 0. The summed E-state index contributed by atoms with van der Waals surface area (Å²) in [5.74, 6) is 0.562. The van der Waals surface area contributed by atoms with Crippen LogP contribution >= 0.6 is 0 Å². The third kappa shape index (κ3) is 3.09. The van der Waals surface area contributed by atoms with Gasteiger partial charge in [-0.25, -0.2) is 9.42 Å². The van der Waals surface area contributed by atoms with Crippen molar-refractivity contribution in [1.82, 2.24) is 20.9 Å². The van der Waals surface area contributed by atoms with Crippen molar-refractivity contribution < 1.29 is 19.3 Å². The molecule has 1 saturated carbocycles. The van der Waals surface area contributed by atoms with Gasteiger partial charge >= 0.3 is 6.03 Å². The number of nitrogens with one attached hydrogen (secondary N) is 2. The van der Waals surface area contributed by atoms with Gasteiger partial charge in [0.1, 0.15) is 28.5 Å². The Balaban J connectivity index is 1.60. The summed E-state index contributed by atoms with van der Waals surface area (Å²) in [6.45, 7) is 3.58. The Morgan fingerprint density at radius 1 is 1.15 bits per heavy atom. The predicted octanol–water partition coefficient (Wildman–Crippen LogP) is 2.43. The van der Waals surface area contributed by atoms with Crippen LogP contribution in [0.4, 0.5) is 4.79 Å². The van der Waals surface area contributed by atoms with Crippen molar-refractivity contribution in [3.63, 3.8) is 0 Å². The van der Waals surface area contributed by atoms with Crippen LogP contribution in [0.1, 0.15) is 57.6 Å². The molecule has 1 aromatic heterocycles. The molecule has 0 spiro atoms. The smallest absolute Gasteiger partial charge is 0.315 e. The van der Waals surface area contributed by atoms with Crippen molar-refractivity contribution >= 4 is 17.1 Å². The third-order valence-corrected chi connectivity index (χ3v) is 5.35. The molecule has 4 rings (SSSR count). The number of fused-ring (bicyclic) bond motifs is 2. The van der Waals surface area contributed by atoms with Gasteiger partial charge in [0.15, 0.2) is 0 Å². The van der Waals surface area contributed by atoms with Gasteiger partial charge in [-0.05, 0) is 43.1 Å². The first-order chi connectivity index (χ1) is 12.4. The van der Waals surface area contributed by atoms with E-state index in [4.69, 9.17) is 9.37 Å². The normalized spacial score (nSPS) is 25.3. The van der Waals surface area contributed by atoms with E-state index in [1.807, 2.05) is 0 Å². The van der Waals surface area contributed by atoms with E-state index < -0.39 is 17.7 Å². The summed E-state index contributed by atoms with van der Waals surface area (Å²) in [5.41, 5.74) is 0.930. The van der Waals surface area contributed by atoms with Crippen LogP contribution in [0.2, 0.25) is 0 Å². The SMILES string of the molecule is CC1(C)Oc2cc3nonc3cc2C(NC(=O)NC2CCCCC2)C1O. The van der Waals surface area contributed by atoms with Gasteiger partial charge in [-0.1, -0.05) is 19.3 Å². The van der Waals surface area contributed by atoms with E-state index >= 15 is 0 Å². The Labute approximate surface area is 151 Å². The van der Waals surface area contributed by atoms with Gasteiger partial charge in [0.05, 0.1) is 6.04 Å². The molecule has 2 aliphatic rings. The zero-order valence-electron chi connectivity index (χ0n) is 15.0. The van der Waals surface area contributed by atoms with Crippen molar-refractivity contribution in [3.8, 4) is 5.75 Å². The molecule has 0 bridgehead atoms. The highest BCUT2D eigenvalue weighted by atomic mass is 16.6. The molecule has 2 unspecified atom stereocenters. The fourth-order valence-corrected chi connectivity index (χ4v) is 3.85. The van der Waals surface area contributed by atoms with E-state index in [1.165, 1.54) is 6.42 Å². The molecule has 1 aromatic carbocycles. The topological polar surface area (TPSA) is 110 Å². The van der Waals surface area contributed by atoms with E-state index in [0.29, 0.717) is 22.3 Å². The Kier molecular flexibility index (Phi) is 4.22. The van der Waals surface area contributed by atoms with Crippen molar-refractivity contribution in [2.75, 3.05) is 0 Å². The lowest BCUT2D eigenvalue weighted by molar-refractivity contribution is -0.0620. The van der Waals surface area contributed by atoms with Gasteiger partial charge in [0.2, 0.25) is 0 Å². The standard InChI is InChI=1S/C18H24N4O4/c1-18(2)16(23)15(20-17(24)19-10-6-4-3-5-7-10)11-8-12-13(22-26-21-12)9-14(11)25-18/h8-10,15-16,23H,3-7H2,1-2H3,(H2,19,20,24). The van der Waals surface area contributed by atoms with Crippen LogP contribution in [0, 0.1) is 0 Å². The molecule has 8 nitrogen and oxygen atoms in total. The van der Waals surface area contributed by atoms with Crippen molar-refractivity contribution in [2.24, 2.45) is 0 Å². The minimum Gasteiger partial charge on any atom is -0.485 e. The minimum atomic E-state index is -0.913. The van der Waals surface area contributed by atoms with Crippen molar-refractivity contribution in [2.45, 2.75) is 69.7 Å². The first-order valence-electron chi connectivity index (χ1n) is 9.14. The number of hydrogen-bond donors (Lipinski definition) is 3. The maximum absolute atomic E-state index is 12.5. The Bertz CT molecular complexity index is 813. The van der Waals surface area contributed by atoms with Gasteiger partial charge in [-0.15, -0.1) is 0 Å². The third-order valence-electron chi connectivity index (χ3n) is 5.35. The Morgan fingerprint density at radius 2 is 1.85 bits per heavy atom. The number of nitrogens with zero attached hydrogens (tertiary/aromatic N) is 2. The molecule has 0 saturated heterocycles. The van der Waals surface area contributed by atoms with Crippen LogP contribution < -0.4 is 15.4 Å². The van der Waals surface area contributed by atoms with E-state index in [1.54, 1.807) is 26.0 Å². The van der Waals surface area contributed by atoms with E-state index in [0.717, 1.165) is 25.7 Å². The molecule has 1 fully saturated rings. The second kappa shape index (κ2) is 6.42. The lowest BCUT2D eigenvalue weighted by Crippen LogP contribution is -2.55.